The quantitative estimate of drug-likeness (QED) is 0.577. The number of hydrogen-bond donors (Lipinski definition) is 1. The maximum Gasteiger partial charge on any atom is 0.314 e. The van der Waals surface area contributed by atoms with Gasteiger partial charge >= 0.3 is 11.9 Å². The minimum Gasteiger partial charge on any atom is -0.469 e. The van der Waals surface area contributed by atoms with Gasteiger partial charge in [-0.1, -0.05) is 0 Å². The molecule has 0 spiro atoms. The maximum absolute atomic E-state index is 11.7. The van der Waals surface area contributed by atoms with Crippen LogP contribution in [-0.4, -0.2) is 37.4 Å². The van der Waals surface area contributed by atoms with Crippen LogP contribution in [0.1, 0.15) is 32.6 Å². The number of carbonyl (C=O) groups excluding carboxylic acids is 2. The van der Waals surface area contributed by atoms with E-state index in [1.165, 1.54) is 14.2 Å². The maximum atomic E-state index is 11.7. The second-order valence-corrected chi connectivity index (χ2v) is 4.76. The zero-order valence-electron chi connectivity index (χ0n) is 10.6. The van der Waals surface area contributed by atoms with Gasteiger partial charge in [0.05, 0.1) is 31.7 Å². The van der Waals surface area contributed by atoms with E-state index in [1.54, 1.807) is 6.92 Å². The number of ether oxygens (including phenoxy) is 2. The molecule has 0 aliphatic heterocycles. The van der Waals surface area contributed by atoms with E-state index in [9.17, 15) is 14.7 Å². The number of aliphatic hydroxyl groups excluding tert-OH is 1. The Bertz CT molecular complexity index is 301. The third kappa shape index (κ3) is 2.77. The first-order chi connectivity index (χ1) is 7.95. The molecule has 98 valence electrons. The normalized spacial score (nSPS) is 33.6. The molecule has 0 aromatic carbocycles. The summed E-state index contributed by atoms with van der Waals surface area (Å²) in [7, 11) is 2.66. The number of methoxy groups -OCH3 is 2. The fourth-order valence-electron chi connectivity index (χ4n) is 2.34. The van der Waals surface area contributed by atoms with Crippen LogP contribution in [-0.2, 0) is 19.1 Å². The van der Waals surface area contributed by atoms with E-state index >= 15 is 0 Å². The minimum atomic E-state index is -0.919. The molecule has 17 heavy (non-hydrogen) atoms. The summed E-state index contributed by atoms with van der Waals surface area (Å²) in [6.07, 6.45) is 1.14. The molecule has 5 nitrogen and oxygen atoms in total. The first kappa shape index (κ1) is 14.0. The lowest BCUT2D eigenvalue weighted by Crippen LogP contribution is -2.39. The van der Waals surface area contributed by atoms with Crippen LogP contribution in [0.25, 0.3) is 0 Å². The molecule has 0 unspecified atom stereocenters. The van der Waals surface area contributed by atoms with Crippen molar-refractivity contribution in [2.24, 2.45) is 11.3 Å². The second kappa shape index (κ2) is 5.49. The molecule has 0 aromatic heterocycles. The predicted molar refractivity (Wildman–Crippen MR) is 60.1 cm³/mol. The highest BCUT2D eigenvalue weighted by molar-refractivity contribution is 5.77. The zero-order chi connectivity index (χ0) is 13.1. The molecule has 3 atom stereocenters. The molecule has 0 heterocycles. The molecule has 1 aliphatic rings. The second-order valence-electron chi connectivity index (χ2n) is 4.76. The summed E-state index contributed by atoms with van der Waals surface area (Å²) >= 11 is 0. The largest absolute Gasteiger partial charge is 0.469 e. The van der Waals surface area contributed by atoms with Crippen molar-refractivity contribution in [2.75, 3.05) is 14.2 Å². The molecule has 1 fully saturated rings. The van der Waals surface area contributed by atoms with Crippen LogP contribution in [0.2, 0.25) is 0 Å². The van der Waals surface area contributed by atoms with Crippen molar-refractivity contribution >= 4 is 11.9 Å². The van der Waals surface area contributed by atoms with Crippen LogP contribution >= 0.6 is 0 Å². The lowest BCUT2D eigenvalue weighted by Gasteiger charge is -2.29. The molecule has 1 aliphatic carbocycles. The van der Waals surface area contributed by atoms with Crippen molar-refractivity contribution < 1.29 is 24.2 Å². The molecule has 0 saturated heterocycles. The van der Waals surface area contributed by atoms with E-state index in [1.807, 2.05) is 0 Å². The molecular formula is C12H20O5. The van der Waals surface area contributed by atoms with Gasteiger partial charge in [-0.25, -0.2) is 0 Å². The van der Waals surface area contributed by atoms with Crippen LogP contribution in [0, 0.1) is 11.3 Å². The van der Waals surface area contributed by atoms with Gasteiger partial charge in [-0.2, -0.15) is 0 Å². The summed E-state index contributed by atoms with van der Waals surface area (Å²) in [6.45, 7) is 1.68. The van der Waals surface area contributed by atoms with E-state index in [0.717, 1.165) is 0 Å². The van der Waals surface area contributed by atoms with Crippen molar-refractivity contribution in [1.29, 1.82) is 0 Å². The van der Waals surface area contributed by atoms with Gasteiger partial charge in [-0.3, -0.25) is 9.59 Å². The summed E-state index contributed by atoms with van der Waals surface area (Å²) in [5.41, 5.74) is -0.919. The van der Waals surface area contributed by atoms with Gasteiger partial charge in [0, 0.05) is 0 Å². The average molecular weight is 244 g/mol. The fraction of sp³-hybridized carbons (Fsp3) is 0.833. The lowest BCUT2D eigenvalue weighted by atomic mass is 9.80. The summed E-state index contributed by atoms with van der Waals surface area (Å²) in [6, 6.07) is 0. The predicted octanol–water partition coefficient (Wildman–Crippen LogP) is 0.890. The Morgan fingerprint density at radius 2 is 1.82 bits per heavy atom. The van der Waals surface area contributed by atoms with E-state index in [2.05, 4.69) is 0 Å². The highest BCUT2D eigenvalue weighted by Crippen LogP contribution is 2.38. The van der Waals surface area contributed by atoms with E-state index in [-0.39, 0.29) is 11.9 Å². The molecule has 1 saturated carbocycles. The Hall–Kier alpha value is -1.10. The summed E-state index contributed by atoms with van der Waals surface area (Å²) in [4.78, 5) is 23.2. The van der Waals surface area contributed by atoms with Crippen LogP contribution in [0.4, 0.5) is 0 Å². The van der Waals surface area contributed by atoms with Crippen LogP contribution in [0.3, 0.4) is 0 Å². The SMILES string of the molecule is COC(=O)[C@@H]1CC[C@H](O)[C@](C)(C(=O)OC)CC1. The minimum absolute atomic E-state index is 0.235. The molecule has 0 amide bonds. The molecule has 0 bridgehead atoms. The molecular weight excluding hydrogens is 224 g/mol. The Kier molecular flexibility index (Phi) is 4.51. The van der Waals surface area contributed by atoms with Crippen molar-refractivity contribution in [1.82, 2.24) is 0 Å². The first-order valence-electron chi connectivity index (χ1n) is 5.80. The highest BCUT2D eigenvalue weighted by atomic mass is 16.5. The van der Waals surface area contributed by atoms with Gasteiger partial charge in [-0.05, 0) is 32.6 Å². The lowest BCUT2D eigenvalue weighted by molar-refractivity contribution is -0.159. The van der Waals surface area contributed by atoms with Gasteiger partial charge in [0.25, 0.3) is 0 Å². The van der Waals surface area contributed by atoms with Crippen LogP contribution in [0.5, 0.6) is 0 Å². The van der Waals surface area contributed by atoms with Crippen molar-refractivity contribution in [3.05, 3.63) is 0 Å². The standard InChI is InChI=1S/C12H20O5/c1-12(11(15)17-3)7-6-8(10(14)16-2)4-5-9(12)13/h8-9,13H,4-7H2,1-3H3/t8-,9+,12-/m1/s1. The van der Waals surface area contributed by atoms with E-state index < -0.39 is 17.5 Å². The van der Waals surface area contributed by atoms with Crippen LogP contribution < -0.4 is 0 Å². The third-order valence-electron chi connectivity index (χ3n) is 3.72. The highest BCUT2D eigenvalue weighted by Gasteiger charge is 2.44. The summed E-state index contributed by atoms with van der Waals surface area (Å²) < 4.78 is 9.42. The third-order valence-corrected chi connectivity index (χ3v) is 3.72. The van der Waals surface area contributed by atoms with Gasteiger partial charge in [0.15, 0.2) is 0 Å². The fourth-order valence-corrected chi connectivity index (χ4v) is 2.34. The topological polar surface area (TPSA) is 72.8 Å². The van der Waals surface area contributed by atoms with Crippen molar-refractivity contribution in [3.63, 3.8) is 0 Å². The number of esters is 2. The smallest absolute Gasteiger partial charge is 0.314 e. The Balaban J connectivity index is 2.79. The van der Waals surface area contributed by atoms with Gasteiger partial charge in [0.1, 0.15) is 0 Å². The average Bonchev–Trinajstić information content (AvgIpc) is 2.49. The Labute approximate surface area is 101 Å². The molecule has 1 N–H and O–H groups in total. The number of aliphatic hydroxyl groups is 1. The molecule has 0 radical (unpaired) electrons. The zero-order valence-corrected chi connectivity index (χ0v) is 10.6. The van der Waals surface area contributed by atoms with Crippen molar-refractivity contribution in [3.8, 4) is 0 Å². The van der Waals surface area contributed by atoms with E-state index in [4.69, 9.17) is 9.47 Å². The van der Waals surface area contributed by atoms with Gasteiger partial charge < -0.3 is 14.6 Å². The van der Waals surface area contributed by atoms with Crippen molar-refractivity contribution in [2.45, 2.75) is 38.7 Å². The Morgan fingerprint density at radius 3 is 2.35 bits per heavy atom. The Morgan fingerprint density at radius 1 is 1.18 bits per heavy atom. The monoisotopic (exact) mass is 244 g/mol. The van der Waals surface area contributed by atoms with Gasteiger partial charge in [-0.15, -0.1) is 0 Å². The number of carbonyl (C=O) groups is 2. The first-order valence-corrected chi connectivity index (χ1v) is 5.80. The summed E-state index contributed by atoms with van der Waals surface area (Å²) in [5.74, 6) is -0.928. The molecule has 5 heteroatoms. The molecule has 1 rings (SSSR count). The van der Waals surface area contributed by atoms with Gasteiger partial charge in [0.2, 0.25) is 0 Å². The number of hydrogen-bond acceptors (Lipinski definition) is 5. The number of rotatable bonds is 2. The van der Waals surface area contributed by atoms with E-state index in [0.29, 0.717) is 25.7 Å². The van der Waals surface area contributed by atoms with Crippen LogP contribution in [0.15, 0.2) is 0 Å². The molecule has 0 aromatic rings. The summed E-state index contributed by atoms with van der Waals surface area (Å²) in [5, 5.41) is 10.0.